The van der Waals surface area contributed by atoms with Crippen LogP contribution >= 0.6 is 0 Å². The van der Waals surface area contributed by atoms with Gasteiger partial charge < -0.3 is 10.3 Å². The molecule has 20 heavy (non-hydrogen) atoms. The summed E-state index contributed by atoms with van der Waals surface area (Å²) in [7, 11) is 0. The number of pyridine rings is 1. The molecule has 0 radical (unpaired) electrons. The number of hydrogen-bond acceptors (Lipinski definition) is 2. The smallest absolute Gasteiger partial charge is 0.140 e. The molecule has 0 fully saturated rings. The number of H-pyrrole nitrogens is 1. The van der Waals surface area contributed by atoms with E-state index >= 15 is 0 Å². The van der Waals surface area contributed by atoms with E-state index in [0.717, 1.165) is 28.1 Å². The Morgan fingerprint density at radius 3 is 2.45 bits per heavy atom. The standard InChI is InChI=1S/C17H13N3/c1-2-6-12(7-3-1)18-16-11-10-14-13-8-4-5-9-15(13)19-17(14)20-16/h1-11H,(H2,18,19,20). The minimum absolute atomic E-state index is 0.843. The van der Waals surface area contributed by atoms with E-state index in [4.69, 9.17) is 0 Å². The van der Waals surface area contributed by atoms with Crippen LogP contribution in [0.2, 0.25) is 0 Å². The molecule has 0 aliphatic carbocycles. The zero-order valence-corrected chi connectivity index (χ0v) is 10.8. The molecule has 2 aromatic carbocycles. The van der Waals surface area contributed by atoms with Crippen LogP contribution in [-0.2, 0) is 0 Å². The lowest BCUT2D eigenvalue weighted by Gasteiger charge is -2.04. The van der Waals surface area contributed by atoms with Gasteiger partial charge in [-0.15, -0.1) is 0 Å². The maximum absolute atomic E-state index is 4.64. The lowest BCUT2D eigenvalue weighted by molar-refractivity contribution is 1.33. The Hall–Kier alpha value is -2.81. The van der Waals surface area contributed by atoms with Gasteiger partial charge in [0.15, 0.2) is 0 Å². The van der Waals surface area contributed by atoms with E-state index in [9.17, 15) is 0 Å². The highest BCUT2D eigenvalue weighted by Crippen LogP contribution is 2.25. The largest absolute Gasteiger partial charge is 0.340 e. The van der Waals surface area contributed by atoms with Gasteiger partial charge in [-0.25, -0.2) is 4.98 Å². The number of benzene rings is 2. The maximum atomic E-state index is 4.64. The summed E-state index contributed by atoms with van der Waals surface area (Å²) in [6.45, 7) is 0. The van der Waals surface area contributed by atoms with Gasteiger partial charge in [0.25, 0.3) is 0 Å². The van der Waals surface area contributed by atoms with Gasteiger partial charge in [-0.2, -0.15) is 0 Å². The van der Waals surface area contributed by atoms with Crippen molar-refractivity contribution in [2.75, 3.05) is 5.32 Å². The Bertz CT molecular complexity index is 878. The Balaban J connectivity index is 1.81. The highest BCUT2D eigenvalue weighted by atomic mass is 15.0. The summed E-state index contributed by atoms with van der Waals surface area (Å²) < 4.78 is 0. The van der Waals surface area contributed by atoms with Gasteiger partial charge in [0.05, 0.1) is 0 Å². The third kappa shape index (κ3) is 1.80. The molecule has 2 N–H and O–H groups in total. The van der Waals surface area contributed by atoms with Crippen LogP contribution in [0.1, 0.15) is 0 Å². The molecular formula is C17H13N3. The highest BCUT2D eigenvalue weighted by Gasteiger charge is 2.05. The fourth-order valence-electron chi connectivity index (χ4n) is 2.47. The van der Waals surface area contributed by atoms with Crippen LogP contribution in [0.4, 0.5) is 11.5 Å². The van der Waals surface area contributed by atoms with Gasteiger partial charge in [0, 0.05) is 22.0 Å². The van der Waals surface area contributed by atoms with Crippen molar-refractivity contribution in [2.24, 2.45) is 0 Å². The van der Waals surface area contributed by atoms with E-state index in [1.54, 1.807) is 0 Å². The average Bonchev–Trinajstić information content (AvgIpc) is 2.86. The minimum Gasteiger partial charge on any atom is -0.340 e. The van der Waals surface area contributed by atoms with E-state index in [2.05, 4.69) is 33.5 Å². The Morgan fingerprint density at radius 1 is 0.750 bits per heavy atom. The predicted molar refractivity (Wildman–Crippen MR) is 83.3 cm³/mol. The van der Waals surface area contributed by atoms with Crippen molar-refractivity contribution >= 4 is 33.4 Å². The van der Waals surface area contributed by atoms with Gasteiger partial charge in [-0.1, -0.05) is 36.4 Å². The molecule has 0 saturated heterocycles. The first kappa shape index (κ1) is 11.1. The summed E-state index contributed by atoms with van der Waals surface area (Å²) in [6, 6.07) is 22.4. The molecule has 3 heteroatoms. The molecule has 4 rings (SSSR count). The summed E-state index contributed by atoms with van der Waals surface area (Å²) in [5, 5.41) is 5.67. The molecule has 0 amide bonds. The van der Waals surface area contributed by atoms with Crippen molar-refractivity contribution in [3.05, 3.63) is 66.7 Å². The number of hydrogen-bond donors (Lipinski definition) is 2. The van der Waals surface area contributed by atoms with E-state index in [0.29, 0.717) is 0 Å². The quantitative estimate of drug-likeness (QED) is 0.558. The number of aromatic nitrogens is 2. The van der Waals surface area contributed by atoms with Crippen LogP contribution in [0.3, 0.4) is 0 Å². The second-order valence-corrected chi connectivity index (χ2v) is 4.75. The Morgan fingerprint density at radius 2 is 1.55 bits per heavy atom. The average molecular weight is 259 g/mol. The number of rotatable bonds is 2. The van der Waals surface area contributed by atoms with E-state index < -0.39 is 0 Å². The first-order chi connectivity index (χ1) is 9.90. The topological polar surface area (TPSA) is 40.7 Å². The van der Waals surface area contributed by atoms with Crippen LogP contribution in [0.5, 0.6) is 0 Å². The predicted octanol–water partition coefficient (Wildman–Crippen LogP) is 4.46. The summed E-state index contributed by atoms with van der Waals surface area (Å²) in [4.78, 5) is 7.99. The van der Waals surface area contributed by atoms with Crippen LogP contribution in [0.15, 0.2) is 66.7 Å². The summed E-state index contributed by atoms with van der Waals surface area (Å²) in [6.07, 6.45) is 0. The molecule has 0 aliphatic heterocycles. The van der Waals surface area contributed by atoms with Gasteiger partial charge in [-0.05, 0) is 30.3 Å². The first-order valence-electron chi connectivity index (χ1n) is 6.60. The van der Waals surface area contributed by atoms with Gasteiger partial charge in [0.1, 0.15) is 11.5 Å². The monoisotopic (exact) mass is 259 g/mol. The molecule has 0 atom stereocenters. The molecule has 0 unspecified atom stereocenters. The molecule has 0 saturated carbocycles. The maximum Gasteiger partial charge on any atom is 0.140 e. The number of nitrogens with one attached hydrogen (secondary N) is 2. The molecule has 3 nitrogen and oxygen atoms in total. The lowest BCUT2D eigenvalue weighted by atomic mass is 10.2. The first-order valence-corrected chi connectivity index (χ1v) is 6.60. The van der Waals surface area contributed by atoms with Crippen molar-refractivity contribution in [3.63, 3.8) is 0 Å². The summed E-state index contributed by atoms with van der Waals surface area (Å²) in [5.74, 6) is 0.843. The number of para-hydroxylation sites is 2. The molecule has 2 heterocycles. The molecule has 96 valence electrons. The van der Waals surface area contributed by atoms with E-state index in [1.165, 1.54) is 5.39 Å². The molecule has 2 aromatic heterocycles. The van der Waals surface area contributed by atoms with Gasteiger partial charge in [0.2, 0.25) is 0 Å². The number of aromatic amines is 1. The van der Waals surface area contributed by atoms with E-state index in [1.807, 2.05) is 48.5 Å². The zero-order valence-electron chi connectivity index (χ0n) is 10.8. The zero-order chi connectivity index (χ0) is 13.4. The van der Waals surface area contributed by atoms with Crippen LogP contribution in [0.25, 0.3) is 21.9 Å². The second kappa shape index (κ2) is 4.38. The fourth-order valence-corrected chi connectivity index (χ4v) is 2.47. The highest BCUT2D eigenvalue weighted by molar-refractivity contribution is 6.06. The molecule has 0 spiro atoms. The molecule has 0 aliphatic rings. The fraction of sp³-hybridized carbons (Fsp3) is 0. The lowest BCUT2D eigenvalue weighted by Crippen LogP contribution is -1.92. The van der Waals surface area contributed by atoms with Crippen molar-refractivity contribution in [1.82, 2.24) is 9.97 Å². The third-order valence-electron chi connectivity index (χ3n) is 3.41. The normalized spacial score (nSPS) is 11.0. The molecule has 0 bridgehead atoms. The summed E-state index contributed by atoms with van der Waals surface area (Å²) in [5.41, 5.74) is 3.06. The van der Waals surface area contributed by atoms with Crippen molar-refractivity contribution in [3.8, 4) is 0 Å². The van der Waals surface area contributed by atoms with Gasteiger partial charge in [-0.3, -0.25) is 0 Å². The van der Waals surface area contributed by atoms with Crippen LogP contribution in [0, 0.1) is 0 Å². The third-order valence-corrected chi connectivity index (χ3v) is 3.41. The number of fused-ring (bicyclic) bond motifs is 3. The van der Waals surface area contributed by atoms with Crippen molar-refractivity contribution < 1.29 is 0 Å². The molecular weight excluding hydrogens is 246 g/mol. The SMILES string of the molecule is c1ccc(Nc2ccc3c(n2)[nH]c2ccccc23)cc1. The van der Waals surface area contributed by atoms with E-state index in [-0.39, 0.29) is 0 Å². The van der Waals surface area contributed by atoms with Crippen LogP contribution in [-0.4, -0.2) is 9.97 Å². The number of nitrogens with zero attached hydrogens (tertiary/aromatic N) is 1. The molecule has 4 aromatic rings. The van der Waals surface area contributed by atoms with Crippen LogP contribution < -0.4 is 5.32 Å². The summed E-state index contributed by atoms with van der Waals surface area (Å²) >= 11 is 0. The minimum atomic E-state index is 0.843. The number of anilines is 2. The Labute approximate surface area is 116 Å². The second-order valence-electron chi connectivity index (χ2n) is 4.75. The van der Waals surface area contributed by atoms with Crippen molar-refractivity contribution in [1.29, 1.82) is 0 Å². The van der Waals surface area contributed by atoms with Gasteiger partial charge >= 0.3 is 0 Å². The Kier molecular flexibility index (Phi) is 2.42. The van der Waals surface area contributed by atoms with Crippen molar-refractivity contribution in [2.45, 2.75) is 0 Å².